The minimum absolute atomic E-state index is 0.0817. The molecule has 0 aromatic heterocycles. The van der Waals surface area contributed by atoms with Crippen molar-refractivity contribution >= 4 is 17.3 Å². The molecule has 2 aromatic carbocycles. The van der Waals surface area contributed by atoms with Crippen LogP contribution < -0.4 is 5.32 Å². The molecule has 1 atom stereocenters. The molecule has 0 aliphatic heterocycles. The molecular formula is C14H9ClF2N2. The minimum Gasteiger partial charge on any atom is -0.364 e. The predicted molar refractivity (Wildman–Crippen MR) is 69.8 cm³/mol. The third-order valence-electron chi connectivity index (χ3n) is 2.57. The molecule has 0 spiro atoms. The number of nitrogens with zero attached hydrogens (tertiary/aromatic N) is 1. The van der Waals surface area contributed by atoms with Gasteiger partial charge in [0, 0.05) is 10.6 Å². The van der Waals surface area contributed by atoms with E-state index < -0.39 is 17.7 Å². The Kier molecular flexibility index (Phi) is 3.98. The molecule has 0 saturated carbocycles. The van der Waals surface area contributed by atoms with E-state index in [-0.39, 0.29) is 11.3 Å². The summed E-state index contributed by atoms with van der Waals surface area (Å²) in [5.74, 6) is -1.08. The molecule has 0 fully saturated rings. The van der Waals surface area contributed by atoms with Crippen LogP contribution in [0.25, 0.3) is 0 Å². The second-order valence-electron chi connectivity index (χ2n) is 3.85. The molecule has 1 N–H and O–H groups in total. The van der Waals surface area contributed by atoms with Gasteiger partial charge < -0.3 is 5.32 Å². The van der Waals surface area contributed by atoms with E-state index >= 15 is 0 Å². The minimum atomic E-state index is -1.02. The monoisotopic (exact) mass is 278 g/mol. The maximum absolute atomic E-state index is 13.7. The van der Waals surface area contributed by atoms with Crippen LogP contribution in [0.3, 0.4) is 0 Å². The van der Waals surface area contributed by atoms with Gasteiger partial charge in [0.1, 0.15) is 17.7 Å². The van der Waals surface area contributed by atoms with Crippen molar-refractivity contribution in [2.45, 2.75) is 6.04 Å². The van der Waals surface area contributed by atoms with Crippen LogP contribution in [0.4, 0.5) is 14.5 Å². The summed E-state index contributed by atoms with van der Waals surface area (Å²) < 4.78 is 27.2. The number of hydrogen-bond acceptors (Lipinski definition) is 2. The van der Waals surface area contributed by atoms with Gasteiger partial charge in [-0.2, -0.15) is 5.26 Å². The molecule has 1 unspecified atom stereocenters. The maximum Gasteiger partial charge on any atom is 0.146 e. The number of nitriles is 1. The van der Waals surface area contributed by atoms with Gasteiger partial charge in [-0.3, -0.25) is 0 Å². The quantitative estimate of drug-likeness (QED) is 0.909. The Balaban J connectivity index is 2.34. The van der Waals surface area contributed by atoms with E-state index in [1.165, 1.54) is 36.4 Å². The summed E-state index contributed by atoms with van der Waals surface area (Å²) in [4.78, 5) is 0. The Bertz CT molecular complexity index is 638. The number of para-hydroxylation sites is 1. The Morgan fingerprint density at radius 2 is 1.84 bits per heavy atom. The van der Waals surface area contributed by atoms with Crippen molar-refractivity contribution in [3.05, 3.63) is 64.7 Å². The second kappa shape index (κ2) is 5.68. The summed E-state index contributed by atoms with van der Waals surface area (Å²) in [5, 5.41) is 12.1. The predicted octanol–water partition coefficient (Wildman–Crippen LogP) is 4.29. The van der Waals surface area contributed by atoms with E-state index in [1.54, 1.807) is 6.07 Å². The molecule has 2 nitrogen and oxygen atoms in total. The Morgan fingerprint density at radius 3 is 2.53 bits per heavy atom. The molecule has 0 radical (unpaired) electrons. The van der Waals surface area contributed by atoms with Gasteiger partial charge in [0.2, 0.25) is 0 Å². The van der Waals surface area contributed by atoms with Crippen molar-refractivity contribution in [1.82, 2.24) is 0 Å². The SMILES string of the molecule is N#CC(Nc1ccccc1F)c1cc(Cl)ccc1F. The molecule has 0 bridgehead atoms. The van der Waals surface area contributed by atoms with Crippen molar-refractivity contribution in [2.24, 2.45) is 0 Å². The van der Waals surface area contributed by atoms with Gasteiger partial charge in [-0.25, -0.2) is 8.78 Å². The molecule has 2 aromatic rings. The first-order valence-electron chi connectivity index (χ1n) is 5.47. The van der Waals surface area contributed by atoms with E-state index in [0.29, 0.717) is 5.02 Å². The zero-order valence-corrected chi connectivity index (χ0v) is 10.5. The van der Waals surface area contributed by atoms with Crippen molar-refractivity contribution in [1.29, 1.82) is 5.26 Å². The largest absolute Gasteiger partial charge is 0.364 e. The molecule has 0 aliphatic carbocycles. The Hall–Kier alpha value is -2.12. The Morgan fingerprint density at radius 1 is 1.11 bits per heavy atom. The lowest BCUT2D eigenvalue weighted by Gasteiger charge is -2.14. The molecule has 5 heteroatoms. The summed E-state index contributed by atoms with van der Waals surface area (Å²) in [5.41, 5.74) is 0.215. The van der Waals surface area contributed by atoms with Gasteiger partial charge in [-0.1, -0.05) is 23.7 Å². The molecule has 2 rings (SSSR count). The van der Waals surface area contributed by atoms with Crippen LogP contribution in [0.5, 0.6) is 0 Å². The lowest BCUT2D eigenvalue weighted by Crippen LogP contribution is -2.11. The first-order chi connectivity index (χ1) is 9.11. The first-order valence-corrected chi connectivity index (χ1v) is 5.85. The molecule has 0 aliphatic rings. The van der Waals surface area contributed by atoms with E-state index in [4.69, 9.17) is 16.9 Å². The van der Waals surface area contributed by atoms with Gasteiger partial charge >= 0.3 is 0 Å². The third kappa shape index (κ3) is 3.01. The number of nitrogens with one attached hydrogen (secondary N) is 1. The standard InChI is InChI=1S/C14H9ClF2N2/c15-9-5-6-11(16)10(7-9)14(8-18)19-13-4-2-1-3-12(13)17/h1-7,14,19H. The van der Waals surface area contributed by atoms with Crippen molar-refractivity contribution in [2.75, 3.05) is 5.32 Å². The molecule has 0 amide bonds. The van der Waals surface area contributed by atoms with Crippen LogP contribution in [0.2, 0.25) is 5.02 Å². The molecule has 96 valence electrons. The van der Waals surface area contributed by atoms with E-state index in [0.717, 1.165) is 0 Å². The van der Waals surface area contributed by atoms with E-state index in [2.05, 4.69) is 5.32 Å². The number of halogens is 3. The lowest BCUT2D eigenvalue weighted by atomic mass is 10.1. The zero-order valence-electron chi connectivity index (χ0n) is 9.70. The summed E-state index contributed by atoms with van der Waals surface area (Å²) in [7, 11) is 0. The fraction of sp³-hybridized carbons (Fsp3) is 0.0714. The zero-order chi connectivity index (χ0) is 13.8. The van der Waals surface area contributed by atoms with Crippen molar-refractivity contribution < 1.29 is 8.78 Å². The number of benzene rings is 2. The van der Waals surface area contributed by atoms with Crippen LogP contribution in [0, 0.1) is 23.0 Å². The summed E-state index contributed by atoms with van der Waals surface area (Å²) >= 11 is 5.77. The van der Waals surface area contributed by atoms with Crippen LogP contribution in [-0.2, 0) is 0 Å². The van der Waals surface area contributed by atoms with Gasteiger partial charge in [0.15, 0.2) is 0 Å². The van der Waals surface area contributed by atoms with Crippen LogP contribution >= 0.6 is 11.6 Å². The fourth-order valence-corrected chi connectivity index (χ4v) is 1.83. The smallest absolute Gasteiger partial charge is 0.146 e. The van der Waals surface area contributed by atoms with Gasteiger partial charge in [0.05, 0.1) is 11.8 Å². The average molecular weight is 279 g/mol. The maximum atomic E-state index is 13.7. The highest BCUT2D eigenvalue weighted by molar-refractivity contribution is 6.30. The van der Waals surface area contributed by atoms with E-state index in [1.807, 2.05) is 6.07 Å². The fourth-order valence-electron chi connectivity index (χ4n) is 1.65. The highest BCUT2D eigenvalue weighted by Crippen LogP contribution is 2.25. The molecule has 0 saturated heterocycles. The van der Waals surface area contributed by atoms with Crippen molar-refractivity contribution in [3.8, 4) is 6.07 Å². The number of rotatable bonds is 3. The highest BCUT2D eigenvalue weighted by atomic mass is 35.5. The van der Waals surface area contributed by atoms with Crippen molar-refractivity contribution in [3.63, 3.8) is 0 Å². The summed E-state index contributed by atoms with van der Waals surface area (Å²) in [6.45, 7) is 0. The summed E-state index contributed by atoms with van der Waals surface area (Å²) in [6, 6.07) is 10.7. The lowest BCUT2D eigenvalue weighted by molar-refractivity contribution is 0.604. The Labute approximate surface area is 114 Å². The highest BCUT2D eigenvalue weighted by Gasteiger charge is 2.16. The number of anilines is 1. The molecule has 0 heterocycles. The van der Waals surface area contributed by atoms with Gasteiger partial charge in [-0.15, -0.1) is 0 Å². The number of hydrogen-bond donors (Lipinski definition) is 1. The average Bonchev–Trinajstić information content (AvgIpc) is 2.41. The van der Waals surface area contributed by atoms with Gasteiger partial charge in [-0.05, 0) is 30.3 Å². The topological polar surface area (TPSA) is 35.8 Å². The van der Waals surface area contributed by atoms with Gasteiger partial charge in [0.25, 0.3) is 0 Å². The second-order valence-corrected chi connectivity index (χ2v) is 4.29. The molecular weight excluding hydrogens is 270 g/mol. The third-order valence-corrected chi connectivity index (χ3v) is 2.81. The summed E-state index contributed by atoms with van der Waals surface area (Å²) in [6.07, 6.45) is 0. The van der Waals surface area contributed by atoms with Crippen LogP contribution in [0.15, 0.2) is 42.5 Å². The molecule has 19 heavy (non-hydrogen) atoms. The van der Waals surface area contributed by atoms with Crippen LogP contribution in [0.1, 0.15) is 11.6 Å². The normalized spacial score (nSPS) is 11.7. The van der Waals surface area contributed by atoms with Crippen LogP contribution in [-0.4, -0.2) is 0 Å². The van der Waals surface area contributed by atoms with E-state index in [9.17, 15) is 8.78 Å². The first kappa shape index (κ1) is 13.3.